The number of ether oxygens (including phenoxy) is 1. The lowest BCUT2D eigenvalue weighted by Crippen LogP contribution is -2.41. The van der Waals surface area contributed by atoms with E-state index in [2.05, 4.69) is 21.8 Å². The van der Waals surface area contributed by atoms with Gasteiger partial charge in [0.25, 0.3) is 0 Å². The lowest BCUT2D eigenvalue weighted by atomic mass is 9.75. The molecule has 0 saturated heterocycles. The van der Waals surface area contributed by atoms with Crippen LogP contribution in [-0.2, 0) is 22.7 Å². The smallest absolute Gasteiger partial charge is 0.225 e. The number of aromatic nitrogens is 2. The molecule has 1 amide bonds. The summed E-state index contributed by atoms with van der Waals surface area (Å²) < 4.78 is 7.25. The van der Waals surface area contributed by atoms with Crippen molar-refractivity contribution in [2.75, 3.05) is 13.7 Å². The fourth-order valence-electron chi connectivity index (χ4n) is 3.11. The molecule has 21 heavy (non-hydrogen) atoms. The molecule has 1 aliphatic rings. The molecule has 0 spiro atoms. The number of carbonyl (C=O) groups excluding carboxylic acids is 1. The number of methoxy groups -OCH3 is 1. The summed E-state index contributed by atoms with van der Waals surface area (Å²) in [6.45, 7) is 6.00. The summed E-state index contributed by atoms with van der Waals surface area (Å²) in [5.74, 6) is 1.11. The zero-order valence-electron chi connectivity index (χ0n) is 13.4. The van der Waals surface area contributed by atoms with Crippen molar-refractivity contribution in [1.82, 2.24) is 14.9 Å². The highest BCUT2D eigenvalue weighted by Crippen LogP contribution is 2.35. The fraction of sp³-hybridized carbons (Fsp3) is 0.750. The molecule has 2 rings (SSSR count). The predicted octanol–water partition coefficient (Wildman–Crippen LogP) is 2.42. The van der Waals surface area contributed by atoms with Gasteiger partial charge >= 0.3 is 0 Å². The maximum atomic E-state index is 12.4. The second kappa shape index (κ2) is 7.07. The van der Waals surface area contributed by atoms with Gasteiger partial charge in [0.05, 0.1) is 0 Å². The van der Waals surface area contributed by atoms with Crippen molar-refractivity contribution in [1.29, 1.82) is 0 Å². The van der Waals surface area contributed by atoms with Crippen LogP contribution in [0.1, 0.15) is 50.5 Å². The molecule has 0 atom stereocenters. The molecule has 5 nitrogen and oxygen atoms in total. The van der Waals surface area contributed by atoms with E-state index in [4.69, 9.17) is 4.74 Å². The average Bonchev–Trinajstić information content (AvgIpc) is 2.81. The van der Waals surface area contributed by atoms with Gasteiger partial charge in [-0.05, 0) is 19.8 Å². The summed E-state index contributed by atoms with van der Waals surface area (Å²) in [6.07, 6.45) is 7.47. The number of hydrogen-bond acceptors (Lipinski definition) is 3. The van der Waals surface area contributed by atoms with Crippen LogP contribution in [0.15, 0.2) is 6.20 Å². The van der Waals surface area contributed by atoms with Crippen LogP contribution >= 0.6 is 0 Å². The molecule has 0 bridgehead atoms. The standard InChI is InChI=1S/C16H27N3O2/c1-13-11-18-14(12-21-3)19(13)10-9-17-15(20)16(2)7-5-4-6-8-16/h11H,4-10,12H2,1-3H3,(H,17,20). The van der Waals surface area contributed by atoms with Crippen molar-refractivity contribution in [3.8, 4) is 0 Å². The number of rotatable bonds is 6. The largest absolute Gasteiger partial charge is 0.377 e. The summed E-state index contributed by atoms with van der Waals surface area (Å²) in [5.41, 5.74) is 0.928. The molecular weight excluding hydrogens is 266 g/mol. The Morgan fingerprint density at radius 1 is 1.43 bits per heavy atom. The molecule has 118 valence electrons. The molecule has 1 saturated carbocycles. The van der Waals surface area contributed by atoms with E-state index in [0.29, 0.717) is 13.2 Å². The third-order valence-electron chi connectivity index (χ3n) is 4.54. The Labute approximate surface area is 127 Å². The van der Waals surface area contributed by atoms with Gasteiger partial charge in [-0.25, -0.2) is 4.98 Å². The minimum Gasteiger partial charge on any atom is -0.377 e. The SMILES string of the molecule is COCc1ncc(C)n1CCNC(=O)C1(C)CCCCC1. The summed E-state index contributed by atoms with van der Waals surface area (Å²) in [7, 11) is 1.67. The van der Waals surface area contributed by atoms with Gasteiger partial charge in [-0.3, -0.25) is 4.79 Å². The molecule has 1 fully saturated rings. The molecular formula is C16H27N3O2. The van der Waals surface area contributed by atoms with Crippen LogP contribution in [0.25, 0.3) is 0 Å². The highest BCUT2D eigenvalue weighted by molar-refractivity contribution is 5.82. The lowest BCUT2D eigenvalue weighted by Gasteiger charge is -2.32. The van der Waals surface area contributed by atoms with Crippen molar-refractivity contribution in [2.45, 2.75) is 59.1 Å². The molecule has 0 aromatic carbocycles. The quantitative estimate of drug-likeness (QED) is 0.876. The second-order valence-corrected chi connectivity index (χ2v) is 6.28. The van der Waals surface area contributed by atoms with Gasteiger partial charge in [-0.2, -0.15) is 0 Å². The number of imidazole rings is 1. The second-order valence-electron chi connectivity index (χ2n) is 6.28. The maximum Gasteiger partial charge on any atom is 0.225 e. The van der Waals surface area contributed by atoms with Gasteiger partial charge in [-0.1, -0.05) is 26.2 Å². The van der Waals surface area contributed by atoms with Crippen molar-refractivity contribution in [2.24, 2.45) is 5.41 Å². The third kappa shape index (κ3) is 3.84. The third-order valence-corrected chi connectivity index (χ3v) is 4.54. The van der Waals surface area contributed by atoms with Crippen molar-refractivity contribution < 1.29 is 9.53 Å². The molecule has 1 aliphatic carbocycles. The Kier molecular flexibility index (Phi) is 5.39. The van der Waals surface area contributed by atoms with E-state index in [-0.39, 0.29) is 11.3 Å². The number of nitrogens with zero attached hydrogens (tertiary/aromatic N) is 2. The Bertz CT molecular complexity index is 476. The number of carbonyl (C=O) groups is 1. The van der Waals surface area contributed by atoms with Gasteiger partial charge in [0, 0.05) is 37.5 Å². The Balaban J connectivity index is 1.86. The van der Waals surface area contributed by atoms with Crippen LogP contribution in [0.3, 0.4) is 0 Å². The molecule has 0 aliphatic heterocycles. The van der Waals surface area contributed by atoms with E-state index in [1.165, 1.54) is 19.3 Å². The predicted molar refractivity (Wildman–Crippen MR) is 81.9 cm³/mol. The number of nitrogens with one attached hydrogen (secondary N) is 1. The maximum absolute atomic E-state index is 12.4. The highest BCUT2D eigenvalue weighted by Gasteiger charge is 2.34. The van der Waals surface area contributed by atoms with Crippen LogP contribution < -0.4 is 5.32 Å². The first-order valence-corrected chi connectivity index (χ1v) is 7.85. The molecule has 5 heteroatoms. The summed E-state index contributed by atoms with van der Waals surface area (Å²) in [6, 6.07) is 0. The van der Waals surface area contributed by atoms with Gasteiger partial charge in [0.2, 0.25) is 5.91 Å². The topological polar surface area (TPSA) is 56.1 Å². The van der Waals surface area contributed by atoms with Crippen molar-refractivity contribution in [3.63, 3.8) is 0 Å². The summed E-state index contributed by atoms with van der Waals surface area (Å²) >= 11 is 0. The van der Waals surface area contributed by atoms with Gasteiger partial charge < -0.3 is 14.6 Å². The number of aryl methyl sites for hydroxylation is 1. The monoisotopic (exact) mass is 293 g/mol. The normalized spacial score (nSPS) is 17.7. The molecule has 1 N–H and O–H groups in total. The van der Waals surface area contributed by atoms with E-state index in [1.54, 1.807) is 7.11 Å². The van der Waals surface area contributed by atoms with Crippen molar-refractivity contribution >= 4 is 5.91 Å². The van der Waals surface area contributed by atoms with E-state index < -0.39 is 0 Å². The lowest BCUT2D eigenvalue weighted by molar-refractivity contribution is -0.131. The van der Waals surface area contributed by atoms with Crippen LogP contribution in [0.4, 0.5) is 0 Å². The average molecular weight is 293 g/mol. The van der Waals surface area contributed by atoms with Gasteiger partial charge in [0.1, 0.15) is 12.4 Å². The molecule has 0 radical (unpaired) electrons. The van der Waals surface area contributed by atoms with Gasteiger partial charge in [0.15, 0.2) is 0 Å². The number of hydrogen-bond donors (Lipinski definition) is 1. The molecule has 1 heterocycles. The first-order chi connectivity index (χ1) is 10.1. The van der Waals surface area contributed by atoms with E-state index in [9.17, 15) is 4.79 Å². The highest BCUT2D eigenvalue weighted by atomic mass is 16.5. The zero-order chi connectivity index (χ0) is 15.3. The molecule has 1 aromatic rings. The first kappa shape index (κ1) is 16.0. The van der Waals surface area contributed by atoms with Gasteiger partial charge in [-0.15, -0.1) is 0 Å². The minimum atomic E-state index is -0.169. The fourth-order valence-corrected chi connectivity index (χ4v) is 3.11. The number of amides is 1. The van der Waals surface area contributed by atoms with E-state index >= 15 is 0 Å². The van der Waals surface area contributed by atoms with Crippen LogP contribution in [0, 0.1) is 12.3 Å². The molecule has 0 unspecified atom stereocenters. The van der Waals surface area contributed by atoms with Crippen LogP contribution in [0.2, 0.25) is 0 Å². The van der Waals surface area contributed by atoms with Crippen molar-refractivity contribution in [3.05, 3.63) is 17.7 Å². The molecule has 1 aromatic heterocycles. The van der Waals surface area contributed by atoms with E-state index in [0.717, 1.165) is 30.9 Å². The Morgan fingerprint density at radius 2 is 2.14 bits per heavy atom. The van der Waals surface area contributed by atoms with Crippen LogP contribution in [0.5, 0.6) is 0 Å². The van der Waals surface area contributed by atoms with Crippen LogP contribution in [-0.4, -0.2) is 29.1 Å². The first-order valence-electron chi connectivity index (χ1n) is 7.85. The Morgan fingerprint density at radius 3 is 2.81 bits per heavy atom. The Hall–Kier alpha value is -1.36. The minimum absolute atomic E-state index is 0.169. The summed E-state index contributed by atoms with van der Waals surface area (Å²) in [4.78, 5) is 16.7. The summed E-state index contributed by atoms with van der Waals surface area (Å²) in [5, 5.41) is 3.10. The zero-order valence-corrected chi connectivity index (χ0v) is 13.4. The van der Waals surface area contributed by atoms with E-state index in [1.807, 2.05) is 13.1 Å².